The van der Waals surface area contributed by atoms with Crippen LogP contribution in [0.1, 0.15) is 5.56 Å². The summed E-state index contributed by atoms with van der Waals surface area (Å²) >= 11 is 1.50. The number of nitrogens with zero attached hydrogens (tertiary/aromatic N) is 2. The zero-order valence-electron chi connectivity index (χ0n) is 15.9. The van der Waals surface area contributed by atoms with E-state index in [0.29, 0.717) is 31.3 Å². The number of ether oxygens (including phenoxy) is 4. The molecule has 1 fully saturated rings. The molecule has 3 aromatic rings. The molecule has 1 aliphatic heterocycles. The van der Waals surface area contributed by atoms with E-state index in [9.17, 15) is 0 Å². The Hall–Kier alpha value is -2.94. The van der Waals surface area contributed by atoms with E-state index < -0.39 is 0 Å². The number of aromatic nitrogens is 1. The summed E-state index contributed by atoms with van der Waals surface area (Å²) in [6.07, 6.45) is 1.36. The van der Waals surface area contributed by atoms with Gasteiger partial charge in [0.05, 0.1) is 32.2 Å². The molecule has 0 unspecified atom stereocenters. The van der Waals surface area contributed by atoms with Crippen LogP contribution in [0.25, 0.3) is 11.3 Å². The standard InChI is InChI=1S/C21H21N3O4S/c1-25-18-8-7-15(11-19(18)28-13-20-26-9-10-27-20)12-22-24-21-23-17(14-29-21)16-5-3-2-4-6-16/h2-8,11-12,14,20H,9-10,13H2,1H3,(H,23,24). The van der Waals surface area contributed by atoms with Gasteiger partial charge < -0.3 is 18.9 Å². The van der Waals surface area contributed by atoms with Crippen LogP contribution in [-0.2, 0) is 9.47 Å². The lowest BCUT2D eigenvalue weighted by Gasteiger charge is -2.14. The van der Waals surface area contributed by atoms with Crippen molar-refractivity contribution < 1.29 is 18.9 Å². The van der Waals surface area contributed by atoms with Crippen molar-refractivity contribution in [3.63, 3.8) is 0 Å². The number of nitrogens with one attached hydrogen (secondary N) is 1. The zero-order valence-corrected chi connectivity index (χ0v) is 16.7. The maximum absolute atomic E-state index is 5.80. The van der Waals surface area contributed by atoms with Gasteiger partial charge in [-0.3, -0.25) is 5.43 Å². The SMILES string of the molecule is COc1ccc(C=NNc2nc(-c3ccccc3)cs2)cc1OCC1OCCO1. The fourth-order valence-corrected chi connectivity index (χ4v) is 3.44. The molecule has 1 aliphatic rings. The molecule has 150 valence electrons. The summed E-state index contributed by atoms with van der Waals surface area (Å²) < 4.78 is 22.0. The molecule has 0 aliphatic carbocycles. The summed E-state index contributed by atoms with van der Waals surface area (Å²) in [4.78, 5) is 4.55. The molecule has 0 spiro atoms. The molecule has 8 heteroatoms. The molecule has 29 heavy (non-hydrogen) atoms. The van der Waals surface area contributed by atoms with E-state index in [1.165, 1.54) is 11.3 Å². The van der Waals surface area contributed by atoms with Gasteiger partial charge >= 0.3 is 0 Å². The first-order chi connectivity index (χ1) is 14.3. The zero-order chi connectivity index (χ0) is 19.9. The molecule has 0 atom stereocenters. The summed E-state index contributed by atoms with van der Waals surface area (Å²) in [7, 11) is 1.60. The van der Waals surface area contributed by atoms with Gasteiger partial charge in [0, 0.05) is 10.9 Å². The van der Waals surface area contributed by atoms with E-state index in [2.05, 4.69) is 15.5 Å². The van der Waals surface area contributed by atoms with Crippen LogP contribution in [0.2, 0.25) is 0 Å². The molecule has 1 saturated heterocycles. The Bertz CT molecular complexity index is 956. The average Bonchev–Trinajstić information content (AvgIpc) is 3.45. The normalized spacial score (nSPS) is 14.4. The first-order valence-electron chi connectivity index (χ1n) is 9.16. The highest BCUT2D eigenvalue weighted by atomic mass is 32.1. The minimum atomic E-state index is -0.345. The quantitative estimate of drug-likeness (QED) is 0.446. The molecular formula is C21H21N3O4S. The minimum absolute atomic E-state index is 0.302. The molecule has 2 aromatic carbocycles. The highest BCUT2D eigenvalue weighted by Gasteiger charge is 2.17. The fraction of sp³-hybridized carbons (Fsp3) is 0.238. The minimum Gasteiger partial charge on any atom is -0.493 e. The van der Waals surface area contributed by atoms with Gasteiger partial charge in [-0.2, -0.15) is 5.10 Å². The van der Waals surface area contributed by atoms with E-state index in [4.69, 9.17) is 18.9 Å². The predicted molar refractivity (Wildman–Crippen MR) is 113 cm³/mol. The molecule has 1 aromatic heterocycles. The van der Waals surface area contributed by atoms with Gasteiger partial charge in [0.25, 0.3) is 0 Å². The lowest BCUT2D eigenvalue weighted by Crippen LogP contribution is -2.18. The molecule has 0 radical (unpaired) electrons. The highest BCUT2D eigenvalue weighted by molar-refractivity contribution is 7.14. The Morgan fingerprint density at radius 3 is 2.79 bits per heavy atom. The van der Waals surface area contributed by atoms with Gasteiger partial charge in [0.15, 0.2) is 17.8 Å². The third-order valence-corrected chi connectivity index (χ3v) is 4.95. The molecule has 7 nitrogen and oxygen atoms in total. The molecule has 2 heterocycles. The number of hydrogen-bond donors (Lipinski definition) is 1. The van der Waals surface area contributed by atoms with Crippen molar-refractivity contribution in [2.24, 2.45) is 5.10 Å². The lowest BCUT2D eigenvalue weighted by molar-refractivity contribution is -0.0687. The summed E-state index contributed by atoms with van der Waals surface area (Å²) in [5.74, 6) is 1.25. The highest BCUT2D eigenvalue weighted by Crippen LogP contribution is 2.28. The maximum atomic E-state index is 5.80. The van der Waals surface area contributed by atoms with Crippen LogP contribution >= 0.6 is 11.3 Å². The van der Waals surface area contributed by atoms with Crippen LogP contribution in [0.4, 0.5) is 5.13 Å². The van der Waals surface area contributed by atoms with Crippen molar-refractivity contribution in [3.8, 4) is 22.8 Å². The smallest absolute Gasteiger partial charge is 0.203 e. The lowest BCUT2D eigenvalue weighted by atomic mass is 10.2. The number of thiazole rings is 1. The van der Waals surface area contributed by atoms with Crippen LogP contribution in [-0.4, -0.2) is 44.4 Å². The van der Waals surface area contributed by atoms with Crippen molar-refractivity contribution in [3.05, 3.63) is 59.5 Å². The Morgan fingerprint density at radius 2 is 2.00 bits per heavy atom. The maximum Gasteiger partial charge on any atom is 0.203 e. The molecule has 0 saturated carbocycles. The fourth-order valence-electron chi connectivity index (χ4n) is 2.78. The van der Waals surface area contributed by atoms with Crippen molar-refractivity contribution in [2.45, 2.75) is 6.29 Å². The monoisotopic (exact) mass is 411 g/mol. The summed E-state index contributed by atoms with van der Waals surface area (Å²) in [6, 6.07) is 15.6. The topological polar surface area (TPSA) is 74.2 Å². The Labute approximate surface area is 172 Å². The first-order valence-corrected chi connectivity index (χ1v) is 10.0. The second-order valence-corrected chi connectivity index (χ2v) is 7.02. The number of methoxy groups -OCH3 is 1. The summed E-state index contributed by atoms with van der Waals surface area (Å²) in [6.45, 7) is 1.48. The molecule has 1 N–H and O–H groups in total. The van der Waals surface area contributed by atoms with E-state index in [0.717, 1.165) is 22.0 Å². The number of hydrogen-bond acceptors (Lipinski definition) is 8. The third kappa shape index (κ3) is 5.11. The summed E-state index contributed by atoms with van der Waals surface area (Å²) in [5.41, 5.74) is 5.83. The van der Waals surface area contributed by atoms with E-state index >= 15 is 0 Å². The van der Waals surface area contributed by atoms with Crippen LogP contribution < -0.4 is 14.9 Å². The number of hydrazone groups is 1. The number of anilines is 1. The van der Waals surface area contributed by atoms with Crippen LogP contribution in [0.5, 0.6) is 11.5 Å². The van der Waals surface area contributed by atoms with Gasteiger partial charge in [-0.15, -0.1) is 11.3 Å². The molecule has 0 bridgehead atoms. The first kappa shape index (κ1) is 19.4. The molecule has 4 rings (SSSR count). The molecular weight excluding hydrogens is 390 g/mol. The number of rotatable bonds is 8. The Morgan fingerprint density at radius 1 is 1.17 bits per heavy atom. The van der Waals surface area contributed by atoms with Gasteiger partial charge in [0.2, 0.25) is 5.13 Å². The van der Waals surface area contributed by atoms with Crippen molar-refractivity contribution in [1.29, 1.82) is 0 Å². The van der Waals surface area contributed by atoms with Crippen molar-refractivity contribution in [2.75, 3.05) is 32.4 Å². The number of benzene rings is 2. The third-order valence-electron chi connectivity index (χ3n) is 4.20. The molecule has 0 amide bonds. The second-order valence-electron chi connectivity index (χ2n) is 6.17. The van der Waals surface area contributed by atoms with Gasteiger partial charge in [0.1, 0.15) is 6.61 Å². The van der Waals surface area contributed by atoms with E-state index in [1.54, 1.807) is 13.3 Å². The predicted octanol–water partition coefficient (Wildman–Crippen LogP) is 4.02. The van der Waals surface area contributed by atoms with Crippen LogP contribution in [0.15, 0.2) is 59.0 Å². The van der Waals surface area contributed by atoms with E-state index in [1.807, 2.05) is 53.9 Å². The van der Waals surface area contributed by atoms with Crippen molar-refractivity contribution >= 4 is 22.7 Å². The van der Waals surface area contributed by atoms with Crippen LogP contribution in [0.3, 0.4) is 0 Å². The van der Waals surface area contributed by atoms with Gasteiger partial charge in [-0.1, -0.05) is 30.3 Å². The average molecular weight is 411 g/mol. The van der Waals surface area contributed by atoms with Gasteiger partial charge in [-0.05, 0) is 23.8 Å². The largest absolute Gasteiger partial charge is 0.493 e. The van der Waals surface area contributed by atoms with Crippen LogP contribution in [0, 0.1) is 0 Å². The Kier molecular flexibility index (Phi) is 6.35. The van der Waals surface area contributed by atoms with Crippen molar-refractivity contribution in [1.82, 2.24) is 4.98 Å². The Balaban J connectivity index is 1.39. The van der Waals surface area contributed by atoms with E-state index in [-0.39, 0.29) is 6.29 Å². The summed E-state index contributed by atoms with van der Waals surface area (Å²) in [5, 5.41) is 7.00. The van der Waals surface area contributed by atoms with Gasteiger partial charge in [-0.25, -0.2) is 4.98 Å². The second kappa shape index (κ2) is 9.51.